The topological polar surface area (TPSA) is 35.8 Å². The normalized spacial score (nSPS) is 15.9. The quantitative estimate of drug-likeness (QED) is 0.541. The Hall–Kier alpha value is -0.593. The molecule has 0 saturated carbocycles. The fraction of sp³-hybridized carbons (Fsp3) is 0.700. The maximum Gasteiger partial charge on any atom is 0.0641 e. The highest BCUT2D eigenvalue weighted by molar-refractivity contribution is 6.77. The van der Waals surface area contributed by atoms with Crippen molar-refractivity contribution >= 4 is 8.07 Å². The second-order valence-corrected chi connectivity index (χ2v) is 10.1. The third kappa shape index (κ3) is 4.86. The molecule has 13 heavy (non-hydrogen) atoms. The molecule has 0 aromatic rings. The van der Waals surface area contributed by atoms with Crippen molar-refractivity contribution in [1.29, 1.82) is 5.26 Å². The molecule has 0 amide bonds. The molecule has 0 bridgehead atoms. The Morgan fingerprint density at radius 1 is 1.54 bits per heavy atom. The zero-order chi connectivity index (χ0) is 10.5. The van der Waals surface area contributed by atoms with Gasteiger partial charge in [0.25, 0.3) is 0 Å². The Morgan fingerprint density at radius 3 is 2.38 bits per heavy atom. The van der Waals surface area contributed by atoms with Crippen molar-refractivity contribution in [3.63, 3.8) is 0 Å². The predicted octanol–water partition coefficient (Wildman–Crippen LogP) is 2.31. The molecule has 0 heterocycles. The molecule has 0 aromatic carbocycles. The number of rotatable bonds is 5. The van der Waals surface area contributed by atoms with Crippen LogP contribution in [0.4, 0.5) is 0 Å². The van der Waals surface area contributed by atoms with E-state index in [-0.39, 0.29) is 6.04 Å². The number of hydrogen-bond acceptors (Lipinski definition) is 2. The molecule has 74 valence electrons. The molecular formula is C10H20N2Si. The summed E-state index contributed by atoms with van der Waals surface area (Å²) in [7, 11) is -1.14. The van der Waals surface area contributed by atoms with Crippen molar-refractivity contribution in [3.05, 3.63) is 12.7 Å². The minimum Gasteiger partial charge on any atom is -0.310 e. The molecular weight excluding hydrogens is 176 g/mol. The summed E-state index contributed by atoms with van der Waals surface area (Å²) in [5.41, 5.74) is 0.517. The van der Waals surface area contributed by atoms with Crippen molar-refractivity contribution in [3.8, 4) is 6.07 Å². The summed E-state index contributed by atoms with van der Waals surface area (Å²) in [6.07, 6.45) is 2.33. The Balaban J connectivity index is 4.10. The van der Waals surface area contributed by atoms with Gasteiger partial charge in [-0.3, -0.25) is 0 Å². The Morgan fingerprint density at radius 2 is 2.08 bits per heavy atom. The lowest BCUT2D eigenvalue weighted by molar-refractivity contribution is 0.581. The van der Waals surface area contributed by atoms with Crippen molar-refractivity contribution < 1.29 is 0 Å². The van der Waals surface area contributed by atoms with Crippen LogP contribution in [-0.2, 0) is 0 Å². The third-order valence-corrected chi connectivity index (χ3v) is 5.12. The van der Waals surface area contributed by atoms with E-state index in [1.165, 1.54) is 0 Å². The summed E-state index contributed by atoms with van der Waals surface area (Å²) in [4.78, 5) is 0. The molecule has 0 aromatic heterocycles. The standard InChI is InChI=1S/C10H20N2Si/c1-6-10(7-8-11)12-9(2)13(3,4)5/h6,9-10,12H,1,7H2,2-5H3. The Labute approximate surface area is 82.7 Å². The Bertz CT molecular complexity index is 200. The van der Waals surface area contributed by atoms with Gasteiger partial charge >= 0.3 is 0 Å². The van der Waals surface area contributed by atoms with E-state index in [2.05, 4.69) is 44.5 Å². The van der Waals surface area contributed by atoms with Crippen LogP contribution >= 0.6 is 0 Å². The van der Waals surface area contributed by atoms with E-state index in [4.69, 9.17) is 5.26 Å². The molecule has 0 rings (SSSR count). The second-order valence-electron chi connectivity index (χ2n) is 4.46. The van der Waals surface area contributed by atoms with Gasteiger partial charge in [-0.15, -0.1) is 6.58 Å². The van der Waals surface area contributed by atoms with Gasteiger partial charge in [-0.1, -0.05) is 32.6 Å². The summed E-state index contributed by atoms with van der Waals surface area (Å²) in [5, 5.41) is 12.0. The van der Waals surface area contributed by atoms with Crippen molar-refractivity contribution in [1.82, 2.24) is 5.32 Å². The van der Waals surface area contributed by atoms with Crippen molar-refractivity contribution in [2.75, 3.05) is 0 Å². The number of nitriles is 1. The molecule has 2 unspecified atom stereocenters. The zero-order valence-electron chi connectivity index (χ0n) is 9.09. The van der Waals surface area contributed by atoms with Crippen LogP contribution in [0, 0.1) is 11.3 Å². The average molecular weight is 196 g/mol. The molecule has 2 atom stereocenters. The summed E-state index contributed by atoms with van der Waals surface area (Å²) in [5.74, 6) is 0. The van der Waals surface area contributed by atoms with E-state index in [9.17, 15) is 0 Å². The van der Waals surface area contributed by atoms with Crippen LogP contribution in [0.15, 0.2) is 12.7 Å². The fourth-order valence-corrected chi connectivity index (χ4v) is 1.59. The van der Waals surface area contributed by atoms with E-state index < -0.39 is 8.07 Å². The second kappa shape index (κ2) is 5.20. The molecule has 0 saturated heterocycles. The third-order valence-electron chi connectivity index (χ3n) is 2.36. The zero-order valence-corrected chi connectivity index (χ0v) is 10.1. The fourth-order valence-electron chi connectivity index (χ4n) is 0.880. The monoisotopic (exact) mass is 196 g/mol. The molecule has 3 heteroatoms. The molecule has 0 aliphatic carbocycles. The summed E-state index contributed by atoms with van der Waals surface area (Å²) >= 11 is 0. The number of hydrogen-bond donors (Lipinski definition) is 1. The first-order chi connectivity index (χ1) is 5.91. The van der Waals surface area contributed by atoms with E-state index in [1.807, 2.05) is 6.08 Å². The molecule has 0 radical (unpaired) electrons. The van der Waals surface area contributed by atoms with Gasteiger partial charge in [-0.25, -0.2) is 0 Å². The first-order valence-corrected chi connectivity index (χ1v) is 8.25. The predicted molar refractivity (Wildman–Crippen MR) is 60.2 cm³/mol. The van der Waals surface area contributed by atoms with Gasteiger partial charge in [0.05, 0.1) is 20.6 Å². The first-order valence-electron chi connectivity index (χ1n) is 4.67. The van der Waals surface area contributed by atoms with Gasteiger partial charge in [-0.05, 0) is 5.67 Å². The highest BCUT2D eigenvalue weighted by Gasteiger charge is 2.23. The van der Waals surface area contributed by atoms with Gasteiger partial charge in [-0.2, -0.15) is 5.26 Å². The lowest BCUT2D eigenvalue weighted by atomic mass is 10.2. The minimum absolute atomic E-state index is 0.145. The molecule has 0 fully saturated rings. The SMILES string of the molecule is C=CC(CC#N)NC(C)[Si](C)(C)C. The average Bonchev–Trinajstić information content (AvgIpc) is 2.01. The highest BCUT2D eigenvalue weighted by atomic mass is 28.3. The molecule has 0 aliphatic rings. The summed E-state index contributed by atoms with van der Waals surface area (Å²) in [6, 6.07) is 2.30. The van der Waals surface area contributed by atoms with Gasteiger partial charge in [0.15, 0.2) is 0 Å². The van der Waals surface area contributed by atoms with Gasteiger partial charge < -0.3 is 5.32 Å². The van der Waals surface area contributed by atoms with Crippen LogP contribution in [0.1, 0.15) is 13.3 Å². The molecule has 1 N–H and O–H groups in total. The van der Waals surface area contributed by atoms with E-state index in [0.29, 0.717) is 12.1 Å². The van der Waals surface area contributed by atoms with E-state index >= 15 is 0 Å². The highest BCUT2D eigenvalue weighted by Crippen LogP contribution is 2.08. The lowest BCUT2D eigenvalue weighted by Gasteiger charge is -2.28. The van der Waals surface area contributed by atoms with Crippen molar-refractivity contribution in [2.24, 2.45) is 0 Å². The van der Waals surface area contributed by atoms with Gasteiger partial charge in [0, 0.05) is 6.04 Å². The maximum atomic E-state index is 8.56. The van der Waals surface area contributed by atoms with Crippen LogP contribution in [-0.4, -0.2) is 19.8 Å². The number of nitrogens with zero attached hydrogens (tertiary/aromatic N) is 1. The Kier molecular flexibility index (Phi) is 4.97. The first kappa shape index (κ1) is 12.4. The lowest BCUT2D eigenvalue weighted by Crippen LogP contribution is -2.49. The van der Waals surface area contributed by atoms with Crippen LogP contribution in [0.2, 0.25) is 19.6 Å². The summed E-state index contributed by atoms with van der Waals surface area (Å²) in [6.45, 7) is 12.9. The van der Waals surface area contributed by atoms with Crippen LogP contribution < -0.4 is 5.32 Å². The maximum absolute atomic E-state index is 8.56. The molecule has 0 aliphatic heterocycles. The largest absolute Gasteiger partial charge is 0.310 e. The van der Waals surface area contributed by atoms with Crippen LogP contribution in [0.25, 0.3) is 0 Å². The van der Waals surface area contributed by atoms with Crippen LogP contribution in [0.3, 0.4) is 0 Å². The van der Waals surface area contributed by atoms with Gasteiger partial charge in [0.2, 0.25) is 0 Å². The smallest absolute Gasteiger partial charge is 0.0641 e. The summed E-state index contributed by atoms with van der Waals surface area (Å²) < 4.78 is 0. The number of nitrogens with one attached hydrogen (secondary N) is 1. The van der Waals surface area contributed by atoms with Crippen molar-refractivity contribution in [2.45, 2.75) is 44.7 Å². The molecule has 0 spiro atoms. The van der Waals surface area contributed by atoms with Gasteiger partial charge in [0.1, 0.15) is 0 Å². The molecule has 2 nitrogen and oxygen atoms in total. The van der Waals surface area contributed by atoms with E-state index in [0.717, 1.165) is 0 Å². The van der Waals surface area contributed by atoms with E-state index in [1.54, 1.807) is 0 Å². The van der Waals surface area contributed by atoms with Crippen LogP contribution in [0.5, 0.6) is 0 Å². The minimum atomic E-state index is -1.14.